The maximum Gasteiger partial charge on any atom is 0.227 e. The molecule has 0 radical (unpaired) electrons. The molecule has 3 heterocycles. The van der Waals surface area contributed by atoms with E-state index >= 15 is 0 Å². The molecular weight excluding hydrogens is 368 g/mol. The second-order valence-electron chi connectivity index (χ2n) is 7.99. The summed E-state index contributed by atoms with van der Waals surface area (Å²) in [4.78, 5) is 4.68. The molecule has 0 unspecified atom stereocenters. The van der Waals surface area contributed by atoms with Gasteiger partial charge in [-0.2, -0.15) is 4.57 Å². The van der Waals surface area contributed by atoms with Gasteiger partial charge in [-0.25, -0.2) is 4.98 Å². The highest BCUT2D eigenvalue weighted by molar-refractivity contribution is 6.23. The summed E-state index contributed by atoms with van der Waals surface area (Å²) in [6.07, 6.45) is 0. The maximum atomic E-state index is 6.45. The summed E-state index contributed by atoms with van der Waals surface area (Å²) in [5.74, 6) is 0. The van der Waals surface area contributed by atoms with E-state index in [1.54, 1.807) is 0 Å². The summed E-state index contributed by atoms with van der Waals surface area (Å²) in [6.45, 7) is 4.19. The Balaban J connectivity index is 1.85. The molecule has 0 atom stereocenters. The number of para-hydroxylation sites is 1. The van der Waals surface area contributed by atoms with Gasteiger partial charge in [-0.3, -0.25) is 0 Å². The van der Waals surface area contributed by atoms with Gasteiger partial charge in [0.15, 0.2) is 5.58 Å². The van der Waals surface area contributed by atoms with Crippen LogP contribution in [0.25, 0.3) is 55.0 Å². The number of furan rings is 1. The standard InChI is InChI=1S/C27H21N2O/c1-16-12-14-21-25-20-10-6-5-9-19(20)17(2)24(26(25)30-27(21)28-16)23-15-13-18-8-4-7-11-22(18)29(23)3/h4-15H,1-3H3/q+1. The smallest absolute Gasteiger partial charge is 0.227 e. The van der Waals surface area contributed by atoms with Gasteiger partial charge in [0.2, 0.25) is 16.9 Å². The molecule has 30 heavy (non-hydrogen) atoms. The fourth-order valence-corrected chi connectivity index (χ4v) is 4.75. The van der Waals surface area contributed by atoms with Crippen LogP contribution in [0.5, 0.6) is 0 Å². The van der Waals surface area contributed by atoms with Crippen LogP contribution in [0.2, 0.25) is 0 Å². The molecule has 144 valence electrons. The number of aryl methyl sites for hydroxylation is 3. The lowest BCUT2D eigenvalue weighted by Gasteiger charge is -2.11. The van der Waals surface area contributed by atoms with E-state index in [-0.39, 0.29) is 0 Å². The van der Waals surface area contributed by atoms with Crippen molar-refractivity contribution in [2.45, 2.75) is 13.8 Å². The van der Waals surface area contributed by atoms with Crippen LogP contribution in [0.3, 0.4) is 0 Å². The van der Waals surface area contributed by atoms with E-state index in [1.807, 2.05) is 6.92 Å². The molecule has 0 aliphatic carbocycles. The molecule has 0 fully saturated rings. The quantitative estimate of drug-likeness (QED) is 0.305. The van der Waals surface area contributed by atoms with Crippen molar-refractivity contribution in [2.75, 3.05) is 0 Å². The Morgan fingerprint density at radius 2 is 1.53 bits per heavy atom. The van der Waals surface area contributed by atoms with Crippen molar-refractivity contribution in [3.63, 3.8) is 0 Å². The number of nitrogens with zero attached hydrogens (tertiary/aromatic N) is 2. The molecule has 0 N–H and O–H groups in total. The second-order valence-corrected chi connectivity index (χ2v) is 7.99. The summed E-state index contributed by atoms with van der Waals surface area (Å²) < 4.78 is 8.71. The van der Waals surface area contributed by atoms with Crippen molar-refractivity contribution in [1.29, 1.82) is 0 Å². The molecular formula is C27H21N2O+. The highest BCUT2D eigenvalue weighted by Gasteiger charge is 2.25. The van der Waals surface area contributed by atoms with Gasteiger partial charge in [-0.15, -0.1) is 0 Å². The third-order valence-corrected chi connectivity index (χ3v) is 6.23. The van der Waals surface area contributed by atoms with Crippen LogP contribution < -0.4 is 4.57 Å². The number of rotatable bonds is 1. The third kappa shape index (κ3) is 2.26. The van der Waals surface area contributed by atoms with Crippen molar-refractivity contribution in [2.24, 2.45) is 7.05 Å². The molecule has 0 amide bonds. The Hall–Kier alpha value is -3.72. The maximum absolute atomic E-state index is 6.45. The zero-order valence-corrected chi connectivity index (χ0v) is 17.2. The predicted octanol–water partition coefficient (Wildman–Crippen LogP) is 6.40. The molecule has 3 aromatic carbocycles. The first-order valence-electron chi connectivity index (χ1n) is 10.2. The normalized spacial score (nSPS) is 11.8. The minimum Gasteiger partial charge on any atom is -0.437 e. The zero-order chi connectivity index (χ0) is 20.4. The van der Waals surface area contributed by atoms with Gasteiger partial charge in [-0.1, -0.05) is 36.4 Å². The minimum atomic E-state index is 0.699. The molecule has 6 aromatic rings. The van der Waals surface area contributed by atoms with Gasteiger partial charge in [-0.05, 0) is 54.4 Å². The minimum absolute atomic E-state index is 0.699. The van der Waals surface area contributed by atoms with E-state index in [0.717, 1.165) is 33.3 Å². The number of aromatic nitrogens is 2. The largest absolute Gasteiger partial charge is 0.437 e. The number of pyridine rings is 2. The first-order chi connectivity index (χ1) is 14.6. The summed E-state index contributed by atoms with van der Waals surface area (Å²) in [7, 11) is 2.13. The van der Waals surface area contributed by atoms with Gasteiger partial charge in [0.05, 0.1) is 5.56 Å². The van der Waals surface area contributed by atoms with Crippen molar-refractivity contribution in [3.8, 4) is 11.3 Å². The molecule has 0 saturated heterocycles. The Kier molecular flexibility index (Phi) is 3.51. The lowest BCUT2D eigenvalue weighted by molar-refractivity contribution is -0.633. The number of benzene rings is 3. The van der Waals surface area contributed by atoms with Gasteiger partial charge in [0.25, 0.3) is 0 Å². The van der Waals surface area contributed by atoms with E-state index < -0.39 is 0 Å². The van der Waals surface area contributed by atoms with Crippen LogP contribution in [-0.4, -0.2) is 4.98 Å². The lowest BCUT2D eigenvalue weighted by atomic mass is 9.93. The highest BCUT2D eigenvalue weighted by Crippen LogP contribution is 2.42. The molecule has 0 aliphatic rings. The van der Waals surface area contributed by atoms with E-state index in [2.05, 4.69) is 96.3 Å². The molecule has 0 spiro atoms. The molecule has 0 bridgehead atoms. The Morgan fingerprint density at radius 1 is 0.767 bits per heavy atom. The van der Waals surface area contributed by atoms with Gasteiger partial charge >= 0.3 is 0 Å². The van der Waals surface area contributed by atoms with E-state index in [9.17, 15) is 0 Å². The number of hydrogen-bond acceptors (Lipinski definition) is 2. The summed E-state index contributed by atoms with van der Waals surface area (Å²) in [5, 5.41) is 5.89. The molecule has 3 heteroatoms. The molecule has 6 rings (SSSR count). The van der Waals surface area contributed by atoms with Crippen molar-refractivity contribution >= 4 is 43.7 Å². The Bertz CT molecular complexity index is 1630. The van der Waals surface area contributed by atoms with Crippen molar-refractivity contribution in [3.05, 3.63) is 84.1 Å². The topological polar surface area (TPSA) is 29.9 Å². The molecule has 0 aliphatic heterocycles. The summed E-state index contributed by atoms with van der Waals surface area (Å²) >= 11 is 0. The lowest BCUT2D eigenvalue weighted by Crippen LogP contribution is -2.32. The van der Waals surface area contributed by atoms with Crippen LogP contribution >= 0.6 is 0 Å². The van der Waals surface area contributed by atoms with Gasteiger partial charge in [0.1, 0.15) is 7.05 Å². The number of fused-ring (bicyclic) bond motifs is 6. The summed E-state index contributed by atoms with van der Waals surface area (Å²) in [5.41, 5.74) is 7.25. The predicted molar refractivity (Wildman–Crippen MR) is 123 cm³/mol. The molecule has 3 aromatic heterocycles. The van der Waals surface area contributed by atoms with E-state index in [0.29, 0.717) is 5.71 Å². The SMILES string of the molecule is Cc1ccc2c(n1)oc1c(-c3ccc4ccccc4[n+]3C)c(C)c3ccccc3c12. The Morgan fingerprint density at radius 3 is 2.40 bits per heavy atom. The van der Waals surface area contributed by atoms with Gasteiger partial charge < -0.3 is 4.42 Å². The Labute approximate surface area is 174 Å². The van der Waals surface area contributed by atoms with Crippen molar-refractivity contribution < 1.29 is 8.98 Å². The van der Waals surface area contributed by atoms with Crippen LogP contribution in [0.4, 0.5) is 0 Å². The first kappa shape index (κ1) is 17.2. The zero-order valence-electron chi connectivity index (χ0n) is 17.2. The number of hydrogen-bond donors (Lipinski definition) is 0. The van der Waals surface area contributed by atoms with Crippen LogP contribution in [0, 0.1) is 13.8 Å². The third-order valence-electron chi connectivity index (χ3n) is 6.23. The van der Waals surface area contributed by atoms with E-state index in [4.69, 9.17) is 4.42 Å². The van der Waals surface area contributed by atoms with Crippen LogP contribution in [0.1, 0.15) is 11.3 Å². The van der Waals surface area contributed by atoms with E-state index in [1.165, 1.54) is 27.2 Å². The average molecular weight is 389 g/mol. The molecule has 0 saturated carbocycles. The summed E-state index contributed by atoms with van der Waals surface area (Å²) in [6, 6.07) is 25.6. The first-order valence-corrected chi connectivity index (χ1v) is 10.2. The van der Waals surface area contributed by atoms with Crippen LogP contribution in [0.15, 0.2) is 77.2 Å². The average Bonchev–Trinajstić information content (AvgIpc) is 3.13. The fraction of sp³-hybridized carbons (Fsp3) is 0.111. The van der Waals surface area contributed by atoms with Crippen molar-refractivity contribution in [1.82, 2.24) is 4.98 Å². The molecule has 3 nitrogen and oxygen atoms in total. The highest BCUT2D eigenvalue weighted by atomic mass is 16.3. The monoisotopic (exact) mass is 389 g/mol. The van der Waals surface area contributed by atoms with Crippen LogP contribution in [-0.2, 0) is 7.05 Å². The fourth-order valence-electron chi connectivity index (χ4n) is 4.75. The van der Waals surface area contributed by atoms with Gasteiger partial charge in [0, 0.05) is 34.0 Å². The second kappa shape index (κ2) is 6.14.